The SMILES string of the molecule is COc1ccc(Nc2nc(N)nc3c2nc(C)n3C)cc1Cl. The van der Waals surface area contributed by atoms with E-state index in [0.717, 1.165) is 11.5 Å². The third kappa shape index (κ3) is 2.39. The summed E-state index contributed by atoms with van der Waals surface area (Å²) in [5.74, 6) is 2.14. The van der Waals surface area contributed by atoms with E-state index in [0.29, 0.717) is 27.8 Å². The number of nitrogens with zero attached hydrogens (tertiary/aromatic N) is 4. The number of aryl methyl sites for hydroxylation is 2. The highest BCUT2D eigenvalue weighted by Gasteiger charge is 2.14. The van der Waals surface area contributed by atoms with E-state index in [4.69, 9.17) is 22.1 Å². The van der Waals surface area contributed by atoms with E-state index >= 15 is 0 Å². The van der Waals surface area contributed by atoms with Gasteiger partial charge in [0.2, 0.25) is 5.95 Å². The van der Waals surface area contributed by atoms with Gasteiger partial charge in [-0.1, -0.05) is 11.6 Å². The highest BCUT2D eigenvalue weighted by Crippen LogP contribution is 2.30. The quantitative estimate of drug-likeness (QED) is 0.771. The van der Waals surface area contributed by atoms with Gasteiger partial charge in [0, 0.05) is 12.7 Å². The summed E-state index contributed by atoms with van der Waals surface area (Å²) in [6.07, 6.45) is 0. The summed E-state index contributed by atoms with van der Waals surface area (Å²) in [4.78, 5) is 12.9. The lowest BCUT2D eigenvalue weighted by Gasteiger charge is -2.09. The Morgan fingerprint density at radius 2 is 2.05 bits per heavy atom. The van der Waals surface area contributed by atoms with Crippen molar-refractivity contribution in [1.29, 1.82) is 0 Å². The number of nitrogen functional groups attached to an aromatic ring is 1. The van der Waals surface area contributed by atoms with Crippen LogP contribution in [0.2, 0.25) is 5.02 Å². The first-order valence-electron chi connectivity index (χ1n) is 6.56. The van der Waals surface area contributed by atoms with E-state index in [1.165, 1.54) is 0 Å². The molecule has 2 aromatic heterocycles. The molecule has 0 fully saturated rings. The van der Waals surface area contributed by atoms with Gasteiger partial charge < -0.3 is 20.4 Å². The summed E-state index contributed by atoms with van der Waals surface area (Å²) < 4.78 is 7.00. The Bertz CT molecular complexity index is 860. The van der Waals surface area contributed by atoms with Crippen molar-refractivity contribution in [3.63, 3.8) is 0 Å². The van der Waals surface area contributed by atoms with Gasteiger partial charge in [-0.05, 0) is 25.1 Å². The number of nitrogens with one attached hydrogen (secondary N) is 1. The van der Waals surface area contributed by atoms with Crippen LogP contribution in [-0.4, -0.2) is 26.6 Å². The molecule has 0 atom stereocenters. The van der Waals surface area contributed by atoms with E-state index in [2.05, 4.69) is 20.3 Å². The molecule has 0 unspecified atom stereocenters. The van der Waals surface area contributed by atoms with Crippen molar-refractivity contribution in [2.75, 3.05) is 18.2 Å². The fraction of sp³-hybridized carbons (Fsp3) is 0.214. The highest BCUT2D eigenvalue weighted by atomic mass is 35.5. The zero-order chi connectivity index (χ0) is 15.9. The fourth-order valence-corrected chi connectivity index (χ4v) is 2.41. The molecule has 114 valence electrons. The molecule has 0 spiro atoms. The van der Waals surface area contributed by atoms with Gasteiger partial charge in [-0.25, -0.2) is 4.98 Å². The Morgan fingerprint density at radius 3 is 2.73 bits per heavy atom. The number of fused-ring (bicyclic) bond motifs is 1. The van der Waals surface area contributed by atoms with E-state index < -0.39 is 0 Å². The van der Waals surface area contributed by atoms with Crippen LogP contribution in [0.1, 0.15) is 5.82 Å². The molecule has 0 bridgehead atoms. The molecule has 22 heavy (non-hydrogen) atoms. The van der Waals surface area contributed by atoms with Crippen LogP contribution in [0, 0.1) is 6.92 Å². The Labute approximate surface area is 132 Å². The number of imidazole rings is 1. The van der Waals surface area contributed by atoms with Gasteiger partial charge in [0.1, 0.15) is 11.6 Å². The van der Waals surface area contributed by atoms with Crippen molar-refractivity contribution in [1.82, 2.24) is 19.5 Å². The molecular weight excluding hydrogens is 304 g/mol. The number of ether oxygens (including phenoxy) is 1. The van der Waals surface area contributed by atoms with Gasteiger partial charge >= 0.3 is 0 Å². The van der Waals surface area contributed by atoms with Crippen LogP contribution in [0.4, 0.5) is 17.5 Å². The molecule has 0 saturated heterocycles. The molecule has 0 amide bonds. The Morgan fingerprint density at radius 1 is 1.27 bits per heavy atom. The number of hydrogen-bond donors (Lipinski definition) is 2. The van der Waals surface area contributed by atoms with Gasteiger partial charge in [0.05, 0.1) is 12.1 Å². The zero-order valence-corrected chi connectivity index (χ0v) is 13.1. The van der Waals surface area contributed by atoms with Gasteiger partial charge in [-0.3, -0.25) is 0 Å². The molecule has 0 aliphatic heterocycles. The predicted octanol–water partition coefficient (Wildman–Crippen LogP) is 2.66. The number of halogens is 1. The van der Waals surface area contributed by atoms with E-state index in [9.17, 15) is 0 Å². The monoisotopic (exact) mass is 318 g/mol. The molecule has 0 saturated carbocycles. The van der Waals surface area contributed by atoms with Crippen LogP contribution < -0.4 is 15.8 Å². The Kier molecular flexibility index (Phi) is 3.50. The van der Waals surface area contributed by atoms with Gasteiger partial charge in [0.25, 0.3) is 0 Å². The minimum atomic E-state index is 0.178. The van der Waals surface area contributed by atoms with Gasteiger partial charge in [-0.2, -0.15) is 9.97 Å². The first-order chi connectivity index (χ1) is 10.5. The van der Waals surface area contributed by atoms with E-state index in [-0.39, 0.29) is 5.95 Å². The third-order valence-corrected chi connectivity index (χ3v) is 3.67. The fourth-order valence-electron chi connectivity index (χ4n) is 2.15. The molecule has 3 aromatic rings. The number of hydrogen-bond acceptors (Lipinski definition) is 6. The number of rotatable bonds is 3. The lowest BCUT2D eigenvalue weighted by Crippen LogP contribution is -2.02. The van der Waals surface area contributed by atoms with Crippen LogP contribution in [0.3, 0.4) is 0 Å². The maximum Gasteiger partial charge on any atom is 0.224 e. The lowest BCUT2D eigenvalue weighted by molar-refractivity contribution is 0.415. The minimum absolute atomic E-state index is 0.178. The van der Waals surface area contributed by atoms with Crippen LogP contribution >= 0.6 is 11.6 Å². The molecule has 0 radical (unpaired) electrons. The van der Waals surface area contributed by atoms with Crippen molar-refractivity contribution in [3.8, 4) is 5.75 Å². The molecule has 7 nitrogen and oxygen atoms in total. The Balaban J connectivity index is 2.07. The summed E-state index contributed by atoms with van der Waals surface area (Å²) in [6.45, 7) is 1.89. The Hall–Kier alpha value is -2.54. The van der Waals surface area contributed by atoms with Crippen LogP contribution in [0.25, 0.3) is 11.2 Å². The lowest BCUT2D eigenvalue weighted by atomic mass is 10.3. The molecule has 0 aliphatic rings. The molecule has 0 aliphatic carbocycles. The molecular formula is C14H15ClN6O. The second kappa shape index (κ2) is 5.34. The first kappa shape index (κ1) is 14.4. The van der Waals surface area contributed by atoms with Crippen LogP contribution in [0.5, 0.6) is 5.75 Å². The summed E-state index contributed by atoms with van der Waals surface area (Å²) >= 11 is 6.13. The summed E-state index contributed by atoms with van der Waals surface area (Å²) in [5, 5.41) is 3.68. The van der Waals surface area contributed by atoms with E-state index in [1.54, 1.807) is 19.2 Å². The molecule has 3 rings (SSSR count). The van der Waals surface area contributed by atoms with Gasteiger partial charge in [-0.15, -0.1) is 0 Å². The number of benzene rings is 1. The summed E-state index contributed by atoms with van der Waals surface area (Å²) in [7, 11) is 3.45. The van der Waals surface area contributed by atoms with Crippen molar-refractivity contribution < 1.29 is 4.74 Å². The zero-order valence-electron chi connectivity index (χ0n) is 12.4. The molecule has 3 N–H and O–H groups in total. The minimum Gasteiger partial charge on any atom is -0.495 e. The van der Waals surface area contributed by atoms with E-state index in [1.807, 2.05) is 24.6 Å². The summed E-state index contributed by atoms with van der Waals surface area (Å²) in [6, 6.07) is 5.36. The molecule has 8 heteroatoms. The topological polar surface area (TPSA) is 90.9 Å². The maximum absolute atomic E-state index is 6.13. The average Bonchev–Trinajstić information content (AvgIpc) is 2.76. The number of aromatic nitrogens is 4. The van der Waals surface area contributed by atoms with Crippen molar-refractivity contribution in [2.24, 2.45) is 7.05 Å². The normalized spacial score (nSPS) is 10.9. The third-order valence-electron chi connectivity index (χ3n) is 3.37. The standard InChI is InChI=1S/C14H15ClN6O/c1-7-17-11-12(19-14(16)20-13(11)21(7)2)18-8-4-5-10(22-3)9(15)6-8/h4-6H,1-3H3,(H3,16,18,19,20). The smallest absolute Gasteiger partial charge is 0.224 e. The number of nitrogens with two attached hydrogens (primary N) is 1. The molecule has 2 heterocycles. The first-order valence-corrected chi connectivity index (χ1v) is 6.94. The average molecular weight is 319 g/mol. The number of anilines is 3. The second-order valence-corrected chi connectivity index (χ2v) is 5.20. The summed E-state index contributed by atoms with van der Waals surface area (Å²) in [5.41, 5.74) is 7.87. The maximum atomic E-state index is 6.13. The largest absolute Gasteiger partial charge is 0.495 e. The molecule has 1 aromatic carbocycles. The van der Waals surface area contributed by atoms with Crippen molar-refractivity contribution >= 4 is 40.2 Å². The van der Waals surface area contributed by atoms with Crippen LogP contribution in [0.15, 0.2) is 18.2 Å². The van der Waals surface area contributed by atoms with Crippen molar-refractivity contribution in [2.45, 2.75) is 6.92 Å². The highest BCUT2D eigenvalue weighted by molar-refractivity contribution is 6.32. The number of methoxy groups -OCH3 is 1. The van der Waals surface area contributed by atoms with Crippen molar-refractivity contribution in [3.05, 3.63) is 29.0 Å². The van der Waals surface area contributed by atoms with Gasteiger partial charge in [0.15, 0.2) is 17.0 Å². The second-order valence-electron chi connectivity index (χ2n) is 4.79. The predicted molar refractivity (Wildman–Crippen MR) is 86.7 cm³/mol. The van der Waals surface area contributed by atoms with Crippen LogP contribution in [-0.2, 0) is 7.05 Å².